The Morgan fingerprint density at radius 1 is 0.850 bits per heavy atom. The van der Waals surface area contributed by atoms with E-state index in [1.54, 1.807) is 8.61 Å². The van der Waals surface area contributed by atoms with E-state index in [4.69, 9.17) is 0 Å². The molecule has 0 amide bonds. The van der Waals surface area contributed by atoms with Gasteiger partial charge in [-0.3, -0.25) is 0 Å². The highest BCUT2D eigenvalue weighted by Crippen LogP contribution is 2.38. The third-order valence-electron chi connectivity index (χ3n) is 5.18. The van der Waals surface area contributed by atoms with Crippen LogP contribution in [0.15, 0.2) is 0 Å². The monoisotopic (exact) mass is 301 g/mol. The fourth-order valence-electron chi connectivity index (χ4n) is 3.91. The van der Waals surface area contributed by atoms with Crippen molar-refractivity contribution >= 4 is 10.2 Å². The molecule has 0 bridgehead atoms. The molecule has 3 fully saturated rings. The van der Waals surface area contributed by atoms with Crippen LogP contribution in [0.1, 0.15) is 44.9 Å². The van der Waals surface area contributed by atoms with Crippen LogP contribution in [-0.2, 0) is 10.2 Å². The molecule has 1 atom stereocenters. The summed E-state index contributed by atoms with van der Waals surface area (Å²) in [6.45, 7) is 4.92. The average molecular weight is 301 g/mol. The Labute approximate surface area is 122 Å². The molecule has 1 N–H and O–H groups in total. The van der Waals surface area contributed by atoms with Crippen LogP contribution in [0.3, 0.4) is 0 Å². The molecule has 3 aliphatic rings. The van der Waals surface area contributed by atoms with Crippen molar-refractivity contribution < 1.29 is 8.42 Å². The molecular formula is C14H27N3O2S. The van der Waals surface area contributed by atoms with Crippen molar-refractivity contribution in [3.8, 4) is 0 Å². The Morgan fingerprint density at radius 2 is 1.60 bits per heavy atom. The van der Waals surface area contributed by atoms with Crippen LogP contribution < -0.4 is 5.32 Å². The van der Waals surface area contributed by atoms with Gasteiger partial charge < -0.3 is 5.32 Å². The minimum atomic E-state index is -3.22. The maximum atomic E-state index is 12.8. The van der Waals surface area contributed by atoms with Crippen molar-refractivity contribution in [1.29, 1.82) is 0 Å². The first kappa shape index (κ1) is 14.8. The summed E-state index contributed by atoms with van der Waals surface area (Å²) in [4.78, 5) is 0. The van der Waals surface area contributed by atoms with Crippen molar-refractivity contribution in [3.63, 3.8) is 0 Å². The molecule has 0 radical (unpaired) electrons. The summed E-state index contributed by atoms with van der Waals surface area (Å²) < 4.78 is 29.1. The molecule has 3 heterocycles. The topological polar surface area (TPSA) is 52.7 Å². The van der Waals surface area contributed by atoms with E-state index < -0.39 is 10.2 Å². The first-order valence-electron chi connectivity index (χ1n) is 8.08. The van der Waals surface area contributed by atoms with Crippen LogP contribution in [0.5, 0.6) is 0 Å². The number of nitrogens with one attached hydrogen (secondary N) is 1. The lowest BCUT2D eigenvalue weighted by Gasteiger charge is -2.34. The lowest BCUT2D eigenvalue weighted by molar-refractivity contribution is 0.222. The second kappa shape index (κ2) is 5.91. The van der Waals surface area contributed by atoms with E-state index in [0.29, 0.717) is 19.6 Å². The van der Waals surface area contributed by atoms with Gasteiger partial charge in [-0.05, 0) is 44.1 Å². The zero-order chi connectivity index (χ0) is 14.1. The minimum absolute atomic E-state index is 0.206. The number of hydrogen-bond acceptors (Lipinski definition) is 3. The van der Waals surface area contributed by atoms with Crippen LogP contribution in [0.25, 0.3) is 0 Å². The molecule has 3 saturated heterocycles. The maximum Gasteiger partial charge on any atom is 0.281 e. The predicted molar refractivity (Wildman–Crippen MR) is 79.7 cm³/mol. The van der Waals surface area contributed by atoms with E-state index in [1.807, 2.05) is 0 Å². The van der Waals surface area contributed by atoms with Crippen molar-refractivity contribution in [2.45, 2.75) is 44.9 Å². The molecule has 0 aromatic heterocycles. The Bertz CT molecular complexity index is 424. The van der Waals surface area contributed by atoms with Crippen LogP contribution in [-0.4, -0.2) is 56.3 Å². The second-order valence-electron chi connectivity index (χ2n) is 6.68. The number of hydrogen-bond donors (Lipinski definition) is 1. The van der Waals surface area contributed by atoms with Gasteiger partial charge in [-0.2, -0.15) is 17.0 Å². The third-order valence-corrected chi connectivity index (χ3v) is 7.16. The summed E-state index contributed by atoms with van der Waals surface area (Å²) in [5.74, 6) is 0. The fourth-order valence-corrected chi connectivity index (χ4v) is 5.71. The van der Waals surface area contributed by atoms with Crippen LogP contribution >= 0.6 is 0 Å². The van der Waals surface area contributed by atoms with Gasteiger partial charge in [0.25, 0.3) is 10.2 Å². The van der Waals surface area contributed by atoms with Gasteiger partial charge in [-0.15, -0.1) is 0 Å². The quantitative estimate of drug-likeness (QED) is 0.833. The molecule has 1 spiro atoms. The SMILES string of the molecule is O=S(=O)(N1CCCCCC1)N1CC[C@@]2(CCCNC2)C1. The summed E-state index contributed by atoms with van der Waals surface area (Å²) in [5.41, 5.74) is 0.206. The van der Waals surface area contributed by atoms with Crippen LogP contribution in [0.2, 0.25) is 0 Å². The van der Waals surface area contributed by atoms with E-state index in [0.717, 1.165) is 38.9 Å². The molecule has 5 nitrogen and oxygen atoms in total. The molecule has 0 aromatic carbocycles. The van der Waals surface area contributed by atoms with Crippen molar-refractivity contribution in [3.05, 3.63) is 0 Å². The predicted octanol–water partition coefficient (Wildman–Crippen LogP) is 1.18. The third kappa shape index (κ3) is 2.89. The van der Waals surface area contributed by atoms with E-state index in [2.05, 4.69) is 5.32 Å². The Morgan fingerprint density at radius 3 is 2.25 bits per heavy atom. The van der Waals surface area contributed by atoms with Crippen molar-refractivity contribution in [2.75, 3.05) is 39.3 Å². The zero-order valence-corrected chi connectivity index (χ0v) is 13.1. The van der Waals surface area contributed by atoms with Gasteiger partial charge in [0.1, 0.15) is 0 Å². The highest BCUT2D eigenvalue weighted by atomic mass is 32.2. The van der Waals surface area contributed by atoms with Gasteiger partial charge in [0.15, 0.2) is 0 Å². The van der Waals surface area contributed by atoms with Gasteiger partial charge in [-0.1, -0.05) is 12.8 Å². The largest absolute Gasteiger partial charge is 0.316 e. The normalized spacial score (nSPS) is 34.4. The Hall–Kier alpha value is -0.170. The summed E-state index contributed by atoms with van der Waals surface area (Å²) in [7, 11) is -3.22. The van der Waals surface area contributed by atoms with Crippen LogP contribution in [0, 0.1) is 5.41 Å². The van der Waals surface area contributed by atoms with E-state index >= 15 is 0 Å². The first-order chi connectivity index (χ1) is 9.62. The van der Waals surface area contributed by atoms with Gasteiger partial charge in [0.05, 0.1) is 0 Å². The molecule has 0 aliphatic carbocycles. The van der Waals surface area contributed by atoms with Gasteiger partial charge in [-0.25, -0.2) is 0 Å². The lowest BCUT2D eigenvalue weighted by Crippen LogP contribution is -2.46. The number of rotatable bonds is 2. The van der Waals surface area contributed by atoms with Gasteiger partial charge in [0.2, 0.25) is 0 Å². The average Bonchev–Trinajstić information content (AvgIpc) is 2.69. The molecule has 3 rings (SSSR count). The second-order valence-corrected chi connectivity index (χ2v) is 8.61. The van der Waals surface area contributed by atoms with Crippen molar-refractivity contribution in [2.24, 2.45) is 5.41 Å². The summed E-state index contributed by atoms with van der Waals surface area (Å²) in [5, 5.41) is 3.44. The highest BCUT2D eigenvalue weighted by Gasteiger charge is 2.44. The van der Waals surface area contributed by atoms with Gasteiger partial charge in [0, 0.05) is 32.7 Å². The Balaban J connectivity index is 1.69. The first-order valence-corrected chi connectivity index (χ1v) is 9.48. The van der Waals surface area contributed by atoms with E-state index in [-0.39, 0.29) is 5.41 Å². The van der Waals surface area contributed by atoms with Gasteiger partial charge >= 0.3 is 0 Å². The highest BCUT2D eigenvalue weighted by molar-refractivity contribution is 7.86. The summed E-state index contributed by atoms with van der Waals surface area (Å²) in [6.07, 6.45) is 7.73. The van der Waals surface area contributed by atoms with E-state index in [9.17, 15) is 8.42 Å². The Kier molecular flexibility index (Phi) is 4.36. The molecule has 0 saturated carbocycles. The molecule has 0 unspecified atom stereocenters. The van der Waals surface area contributed by atoms with E-state index in [1.165, 1.54) is 25.7 Å². The maximum absolute atomic E-state index is 12.8. The number of piperidine rings is 1. The van der Waals surface area contributed by atoms with Crippen LogP contribution in [0.4, 0.5) is 0 Å². The standard InChI is InChI=1S/C14H27N3O2S/c18-20(19,16-9-3-1-2-4-10-16)17-11-7-14(13-17)6-5-8-15-12-14/h15H,1-13H2/t14-/m1/s1. The summed E-state index contributed by atoms with van der Waals surface area (Å²) >= 11 is 0. The zero-order valence-electron chi connectivity index (χ0n) is 12.3. The fraction of sp³-hybridized carbons (Fsp3) is 1.00. The molecular weight excluding hydrogens is 274 g/mol. The molecule has 116 valence electrons. The number of nitrogens with zero attached hydrogens (tertiary/aromatic N) is 2. The molecule has 3 aliphatic heterocycles. The summed E-state index contributed by atoms with van der Waals surface area (Å²) in [6, 6.07) is 0. The lowest BCUT2D eigenvalue weighted by atomic mass is 9.80. The molecule has 0 aromatic rings. The van der Waals surface area contributed by atoms with Crippen molar-refractivity contribution in [1.82, 2.24) is 13.9 Å². The molecule has 20 heavy (non-hydrogen) atoms. The minimum Gasteiger partial charge on any atom is -0.316 e. The smallest absolute Gasteiger partial charge is 0.281 e. The molecule has 6 heteroatoms.